The molecule has 1 aliphatic carbocycles. The Hall–Kier alpha value is -4.03. The Morgan fingerprint density at radius 1 is 1.09 bits per heavy atom. The zero-order valence-electron chi connectivity index (χ0n) is 17.7. The minimum Gasteiger partial charge on any atom is -0.338 e. The van der Waals surface area contributed by atoms with E-state index in [1.165, 1.54) is 18.2 Å². The molecule has 1 saturated carbocycles. The second-order valence-corrected chi connectivity index (χ2v) is 9.46. The van der Waals surface area contributed by atoms with Crippen molar-refractivity contribution in [3.63, 3.8) is 0 Å². The topological polar surface area (TPSA) is 144 Å². The van der Waals surface area contributed by atoms with Gasteiger partial charge in [0.15, 0.2) is 11.6 Å². The molecule has 0 atom stereocenters. The van der Waals surface area contributed by atoms with Crippen LogP contribution >= 0.6 is 0 Å². The number of hydrogen-bond acceptors (Lipinski definition) is 7. The van der Waals surface area contributed by atoms with Crippen molar-refractivity contribution in [3.8, 4) is 0 Å². The van der Waals surface area contributed by atoms with E-state index >= 15 is 0 Å². The van der Waals surface area contributed by atoms with Gasteiger partial charge in [-0.2, -0.15) is 4.98 Å². The smallest absolute Gasteiger partial charge is 0.326 e. The molecule has 0 spiro atoms. The van der Waals surface area contributed by atoms with Gasteiger partial charge in [-0.05, 0) is 55.3 Å². The highest BCUT2D eigenvalue weighted by Gasteiger charge is 2.24. The summed E-state index contributed by atoms with van der Waals surface area (Å²) in [6.07, 6.45) is 4.68. The van der Waals surface area contributed by atoms with Crippen LogP contribution < -0.4 is 21.1 Å². The molecule has 5 rings (SSSR count). The summed E-state index contributed by atoms with van der Waals surface area (Å²) < 4.78 is 39.1. The standard InChI is InChI=1S/C22H20FN7O3S/c23-18-12-25-21(27-15-2-1-3-17(11-15)34(24,32)33)29-20(18)26-16-6-7-19-13(10-16)8-9-30(19)22(31)28-14-4-5-14/h1-3,6-12,14H,4-5H2,(H,28,31)(H2,24,32,33)(H2,25,26,27,29). The zero-order valence-corrected chi connectivity index (χ0v) is 18.5. The van der Waals surface area contributed by atoms with Gasteiger partial charge in [-0.3, -0.25) is 4.57 Å². The highest BCUT2D eigenvalue weighted by atomic mass is 32.2. The number of carbonyl (C=O) groups excluding carboxylic acids is 1. The summed E-state index contributed by atoms with van der Waals surface area (Å²) in [6.45, 7) is 0. The van der Waals surface area contributed by atoms with Gasteiger partial charge in [-0.25, -0.2) is 27.7 Å². The first kappa shape index (κ1) is 21.8. The van der Waals surface area contributed by atoms with Crippen LogP contribution in [0.4, 0.5) is 32.3 Å². The first-order valence-electron chi connectivity index (χ1n) is 10.4. The molecule has 0 bridgehead atoms. The summed E-state index contributed by atoms with van der Waals surface area (Å²) in [5, 5.41) is 14.7. The van der Waals surface area contributed by atoms with Crippen LogP contribution in [-0.4, -0.2) is 35.0 Å². The highest BCUT2D eigenvalue weighted by Crippen LogP contribution is 2.26. The van der Waals surface area contributed by atoms with Crippen LogP contribution in [0.5, 0.6) is 0 Å². The number of anilines is 4. The molecule has 10 nitrogen and oxygen atoms in total. The Kier molecular flexibility index (Phi) is 5.38. The summed E-state index contributed by atoms with van der Waals surface area (Å²) in [7, 11) is -3.88. The van der Waals surface area contributed by atoms with E-state index in [2.05, 4.69) is 25.9 Å². The number of nitrogens with two attached hydrogens (primary N) is 1. The third-order valence-corrected chi connectivity index (χ3v) is 6.15. The van der Waals surface area contributed by atoms with Gasteiger partial charge in [-0.15, -0.1) is 0 Å². The third kappa shape index (κ3) is 4.67. The van der Waals surface area contributed by atoms with Crippen LogP contribution in [-0.2, 0) is 10.0 Å². The summed E-state index contributed by atoms with van der Waals surface area (Å²) in [5.41, 5.74) is 1.66. The van der Waals surface area contributed by atoms with E-state index in [0.29, 0.717) is 11.4 Å². The Bertz CT molecular complexity index is 1520. The Labute approximate surface area is 194 Å². The van der Waals surface area contributed by atoms with Crippen LogP contribution in [0, 0.1) is 5.82 Å². The van der Waals surface area contributed by atoms with Gasteiger partial charge in [0.1, 0.15) is 0 Å². The number of amides is 1. The lowest BCUT2D eigenvalue weighted by atomic mass is 10.2. The Balaban J connectivity index is 1.36. The fourth-order valence-corrected chi connectivity index (χ4v) is 3.96. The highest BCUT2D eigenvalue weighted by molar-refractivity contribution is 7.89. The average Bonchev–Trinajstić information content (AvgIpc) is 3.51. The van der Waals surface area contributed by atoms with E-state index in [0.717, 1.165) is 29.9 Å². The van der Waals surface area contributed by atoms with Gasteiger partial charge in [0.2, 0.25) is 16.0 Å². The van der Waals surface area contributed by atoms with Gasteiger partial charge >= 0.3 is 6.03 Å². The first-order valence-corrected chi connectivity index (χ1v) is 11.9. The number of aromatic nitrogens is 3. The van der Waals surface area contributed by atoms with E-state index in [4.69, 9.17) is 5.14 Å². The number of hydrogen-bond donors (Lipinski definition) is 4. The molecule has 1 amide bonds. The maximum atomic E-state index is 14.4. The van der Waals surface area contributed by atoms with Gasteiger partial charge < -0.3 is 16.0 Å². The summed E-state index contributed by atoms with van der Waals surface area (Å²) >= 11 is 0. The molecule has 2 aromatic carbocycles. The number of halogens is 1. The average molecular weight is 482 g/mol. The number of nitrogens with zero attached hydrogens (tertiary/aromatic N) is 3. The second-order valence-electron chi connectivity index (χ2n) is 7.90. The summed E-state index contributed by atoms with van der Waals surface area (Å²) in [6, 6.07) is 12.9. The van der Waals surface area contributed by atoms with E-state index in [9.17, 15) is 17.6 Å². The summed E-state index contributed by atoms with van der Waals surface area (Å²) in [5.74, 6) is -0.699. The quantitative estimate of drug-likeness (QED) is 0.330. The first-order chi connectivity index (χ1) is 16.3. The minimum atomic E-state index is -3.88. The fraction of sp³-hybridized carbons (Fsp3) is 0.136. The zero-order chi connectivity index (χ0) is 23.9. The number of primary sulfonamides is 1. The van der Waals surface area contributed by atoms with Crippen molar-refractivity contribution < 1.29 is 17.6 Å². The van der Waals surface area contributed by atoms with Gasteiger partial charge in [-0.1, -0.05) is 6.07 Å². The summed E-state index contributed by atoms with van der Waals surface area (Å²) in [4.78, 5) is 20.3. The molecule has 174 valence electrons. The van der Waals surface area contributed by atoms with Crippen molar-refractivity contribution >= 4 is 50.1 Å². The maximum Gasteiger partial charge on any atom is 0.326 e. The predicted molar refractivity (Wildman–Crippen MR) is 125 cm³/mol. The van der Waals surface area contributed by atoms with Gasteiger partial charge in [0.25, 0.3) is 0 Å². The van der Waals surface area contributed by atoms with E-state index in [1.807, 2.05) is 0 Å². The minimum absolute atomic E-state index is 0.0550. The number of fused-ring (bicyclic) bond motifs is 1. The van der Waals surface area contributed by atoms with Crippen molar-refractivity contribution in [3.05, 3.63) is 66.7 Å². The van der Waals surface area contributed by atoms with Crippen molar-refractivity contribution in [2.24, 2.45) is 5.14 Å². The molecule has 0 unspecified atom stereocenters. The number of benzene rings is 2. The lowest BCUT2D eigenvalue weighted by Crippen LogP contribution is -2.29. The van der Waals surface area contributed by atoms with Crippen molar-refractivity contribution in [1.29, 1.82) is 0 Å². The fourth-order valence-electron chi connectivity index (χ4n) is 3.40. The maximum absolute atomic E-state index is 14.4. The third-order valence-electron chi connectivity index (χ3n) is 5.24. The van der Waals surface area contributed by atoms with Crippen LogP contribution in [0.3, 0.4) is 0 Å². The van der Waals surface area contributed by atoms with Crippen molar-refractivity contribution in [2.75, 3.05) is 10.6 Å². The molecule has 0 saturated heterocycles. The molecule has 1 aliphatic rings. The number of nitrogens with one attached hydrogen (secondary N) is 3. The van der Waals surface area contributed by atoms with E-state index in [-0.39, 0.29) is 28.7 Å². The van der Waals surface area contributed by atoms with Crippen LogP contribution in [0.15, 0.2) is 65.8 Å². The normalized spacial score (nSPS) is 13.6. The molecular formula is C22H20FN7O3S. The molecule has 1 fully saturated rings. The molecular weight excluding hydrogens is 461 g/mol. The Morgan fingerprint density at radius 3 is 2.65 bits per heavy atom. The molecule has 2 aromatic heterocycles. The second kappa shape index (κ2) is 8.39. The SMILES string of the molecule is NS(=O)(=O)c1cccc(Nc2ncc(F)c(Nc3ccc4c(ccn4C(=O)NC4CC4)c3)n2)c1. The number of rotatable bonds is 6. The number of sulfonamides is 1. The Morgan fingerprint density at radius 2 is 1.88 bits per heavy atom. The van der Waals surface area contributed by atoms with Crippen LogP contribution in [0.2, 0.25) is 0 Å². The predicted octanol–water partition coefficient (Wildman–Crippen LogP) is 3.43. The van der Waals surface area contributed by atoms with Crippen LogP contribution in [0.1, 0.15) is 12.8 Å². The van der Waals surface area contributed by atoms with E-state index < -0.39 is 15.8 Å². The van der Waals surface area contributed by atoms with E-state index in [1.54, 1.807) is 41.1 Å². The molecule has 0 radical (unpaired) electrons. The molecule has 2 heterocycles. The number of carbonyl (C=O) groups is 1. The molecule has 34 heavy (non-hydrogen) atoms. The van der Waals surface area contributed by atoms with Gasteiger partial charge in [0.05, 0.1) is 16.6 Å². The molecule has 12 heteroatoms. The molecule has 0 aliphatic heterocycles. The monoisotopic (exact) mass is 481 g/mol. The lowest BCUT2D eigenvalue weighted by Gasteiger charge is -2.11. The lowest BCUT2D eigenvalue weighted by molar-refractivity contribution is 0.243. The molecule has 5 N–H and O–H groups in total. The molecule has 4 aromatic rings. The van der Waals surface area contributed by atoms with Crippen LogP contribution in [0.25, 0.3) is 10.9 Å². The largest absolute Gasteiger partial charge is 0.338 e. The van der Waals surface area contributed by atoms with Crippen molar-refractivity contribution in [2.45, 2.75) is 23.8 Å². The van der Waals surface area contributed by atoms with Crippen molar-refractivity contribution in [1.82, 2.24) is 19.9 Å². The van der Waals surface area contributed by atoms with Gasteiger partial charge in [0, 0.05) is 29.0 Å².